The number of rotatable bonds is 4. The van der Waals surface area contributed by atoms with E-state index in [9.17, 15) is 4.79 Å². The average Bonchev–Trinajstić information content (AvgIpc) is 1.66. The fourth-order valence-electron chi connectivity index (χ4n) is 0.453. The Morgan fingerprint density at radius 2 is 2.00 bits per heavy atom. The number of aliphatic carboxylic acids is 1. The number of carboxylic acid groups (broad SMARTS) is 1. The standard InChI is InChI=1S/C6H11O2.Rf/c1-2-3-4-5-6(7)8;/h1-5H2,(H,7,8);/q-1;. The maximum atomic E-state index is 9.85. The summed E-state index contributed by atoms with van der Waals surface area (Å²) in [6.45, 7) is 3.59. The van der Waals surface area contributed by atoms with Crippen molar-refractivity contribution in [3.05, 3.63) is 6.92 Å². The zero-order chi connectivity index (χ0) is 6.41. The van der Waals surface area contributed by atoms with Gasteiger partial charge in [0.05, 0.1) is 0 Å². The summed E-state index contributed by atoms with van der Waals surface area (Å²) in [5, 5.41) is 8.12. The van der Waals surface area contributed by atoms with E-state index in [1.54, 1.807) is 0 Å². The van der Waals surface area contributed by atoms with Gasteiger partial charge in [-0.1, -0.05) is 6.42 Å². The van der Waals surface area contributed by atoms with E-state index in [1.165, 1.54) is 0 Å². The topological polar surface area (TPSA) is 37.3 Å². The number of hydrogen-bond acceptors (Lipinski definition) is 1. The van der Waals surface area contributed by atoms with Gasteiger partial charge in [-0.2, -0.15) is 6.42 Å². The van der Waals surface area contributed by atoms with E-state index in [4.69, 9.17) is 5.11 Å². The zero-order valence-corrected chi connectivity index (χ0v) is 12.0. The van der Waals surface area contributed by atoms with E-state index in [0.717, 1.165) is 19.3 Å². The molecule has 0 aliphatic carbocycles. The van der Waals surface area contributed by atoms with E-state index >= 15 is 0 Å². The fourth-order valence-corrected chi connectivity index (χ4v) is 0.453. The number of carbonyl (C=O) groups is 1. The van der Waals surface area contributed by atoms with Crippen LogP contribution >= 0.6 is 0 Å². The molecule has 0 saturated heterocycles. The van der Waals surface area contributed by atoms with Crippen LogP contribution in [-0.4, -0.2) is 11.1 Å². The van der Waals surface area contributed by atoms with Crippen molar-refractivity contribution < 1.29 is 9.90 Å². The molecular weight excluding hydrogens is 371 g/mol. The molecule has 1 N–H and O–H groups in total. The molecule has 0 aliphatic rings. The molecule has 0 unspecified atom stereocenters. The molecule has 0 aromatic heterocycles. The molecule has 0 fully saturated rings. The summed E-state index contributed by atoms with van der Waals surface area (Å²) in [7, 11) is 0. The monoisotopic (exact) mass is 382 g/mol. The van der Waals surface area contributed by atoms with Crippen LogP contribution in [0.2, 0.25) is 0 Å². The van der Waals surface area contributed by atoms with Crippen LogP contribution in [0.15, 0.2) is 0 Å². The Morgan fingerprint density at radius 1 is 1.44 bits per heavy atom. The summed E-state index contributed by atoms with van der Waals surface area (Å²) in [5.41, 5.74) is 0. The summed E-state index contributed by atoms with van der Waals surface area (Å²) in [6.07, 6.45) is 2.81. The van der Waals surface area contributed by atoms with Gasteiger partial charge in [0, 0.05) is 6.42 Å². The second-order valence-corrected chi connectivity index (χ2v) is 1.70. The minimum absolute atomic E-state index is 0. The Labute approximate surface area is 49.5 Å². The molecule has 0 aliphatic heterocycles. The summed E-state index contributed by atoms with van der Waals surface area (Å²) in [6, 6.07) is 0. The van der Waals surface area contributed by atoms with Gasteiger partial charge in [0.15, 0.2) is 0 Å². The van der Waals surface area contributed by atoms with Crippen molar-refractivity contribution in [3.63, 3.8) is 0 Å². The second-order valence-electron chi connectivity index (χ2n) is 1.70. The molecule has 0 saturated carbocycles. The van der Waals surface area contributed by atoms with Crippen LogP contribution in [0.5, 0.6) is 0 Å². The molecule has 3 heteroatoms. The van der Waals surface area contributed by atoms with Crippen molar-refractivity contribution in [2.75, 3.05) is 0 Å². The van der Waals surface area contributed by atoms with Crippen molar-refractivity contribution in [1.29, 1.82) is 0 Å². The van der Waals surface area contributed by atoms with Crippen LogP contribution in [-0.2, 0) is 4.79 Å². The van der Waals surface area contributed by atoms with Crippen molar-refractivity contribution in [1.82, 2.24) is 0 Å². The Balaban J connectivity index is 0. The Hall–Kier alpha value is -1.53. The molecule has 0 bridgehead atoms. The summed E-state index contributed by atoms with van der Waals surface area (Å²) < 4.78 is 0. The minimum atomic E-state index is -0.710. The van der Waals surface area contributed by atoms with Gasteiger partial charge < -0.3 is 12.0 Å². The molecule has 0 spiro atoms. The third-order valence-corrected chi connectivity index (χ3v) is 0.891. The second kappa shape index (κ2) is 6.47. The molecule has 0 amide bonds. The molecule has 0 rings (SSSR count). The Morgan fingerprint density at radius 3 is 2.33 bits per heavy atom. The largest absolute Gasteiger partial charge is 0.481 e. The average molecular weight is 382 g/mol. The van der Waals surface area contributed by atoms with Gasteiger partial charge in [-0.05, 0) is 6.42 Å². The van der Waals surface area contributed by atoms with Gasteiger partial charge in [-0.25, -0.2) is 0 Å². The quantitative estimate of drug-likeness (QED) is 0.591. The van der Waals surface area contributed by atoms with Gasteiger partial charge in [0.1, 0.15) is 0 Å². The Bertz CT molecular complexity index is 73.5. The van der Waals surface area contributed by atoms with Crippen LogP contribution in [0.1, 0.15) is 25.7 Å². The van der Waals surface area contributed by atoms with Gasteiger partial charge in [0.2, 0.25) is 0 Å². The summed E-state index contributed by atoms with van der Waals surface area (Å²) >= 11 is 0. The number of unbranched alkanes of at least 4 members (excludes halogenated alkanes) is 2. The molecule has 50 valence electrons. The molecule has 0 aromatic rings. The van der Waals surface area contributed by atoms with Crippen LogP contribution in [0.3, 0.4) is 0 Å². The fraction of sp³-hybridized carbons (Fsp3) is 0.667. The predicted octanol–water partition coefficient (Wildman–Crippen LogP) is 1.47. The van der Waals surface area contributed by atoms with Crippen molar-refractivity contribution in [3.8, 4) is 0 Å². The molecule has 0 radical (unpaired) electrons. The first-order chi connectivity index (χ1) is 3.77. The van der Waals surface area contributed by atoms with Crippen molar-refractivity contribution >= 4 is 5.97 Å². The SMILES string of the molecule is [CH2-]CCCCC(=O)O.[Rf]. The molecule has 0 atom stereocenters. The smallest absolute Gasteiger partial charge is 0.303 e. The maximum Gasteiger partial charge on any atom is 0.303 e. The maximum absolute atomic E-state index is 9.85. The first-order valence-corrected chi connectivity index (χ1v) is 2.78. The minimum Gasteiger partial charge on any atom is -0.481 e. The van der Waals surface area contributed by atoms with Gasteiger partial charge in [-0.3, -0.25) is 4.79 Å². The molecule has 0 aromatic carbocycles. The van der Waals surface area contributed by atoms with Gasteiger partial charge >= 0.3 is 5.97 Å². The van der Waals surface area contributed by atoms with E-state index in [-0.39, 0.29) is 6.42 Å². The zero-order valence-electron chi connectivity index (χ0n) is 5.60. The van der Waals surface area contributed by atoms with E-state index in [1.807, 2.05) is 0 Å². The summed E-state index contributed by atoms with van der Waals surface area (Å²) in [4.78, 5) is 9.85. The predicted molar refractivity (Wildman–Crippen MR) is 31.5 cm³/mol. The molecule has 2 nitrogen and oxygen atoms in total. The Kier molecular flexibility index (Phi) is 7.51. The van der Waals surface area contributed by atoms with Crippen LogP contribution in [0.4, 0.5) is 0 Å². The summed E-state index contributed by atoms with van der Waals surface area (Å²) in [5.74, 6) is -0.710. The molecule has 0 heterocycles. The van der Waals surface area contributed by atoms with Crippen molar-refractivity contribution in [2.24, 2.45) is 0 Å². The van der Waals surface area contributed by atoms with Crippen LogP contribution in [0, 0.1) is 6.92 Å². The van der Waals surface area contributed by atoms with E-state index < -0.39 is 5.97 Å². The van der Waals surface area contributed by atoms with Crippen LogP contribution < -0.4 is 0 Å². The molecule has 9 heavy (non-hydrogen) atoms. The first kappa shape index (κ1) is 10.5. The van der Waals surface area contributed by atoms with Gasteiger partial charge in [0.25, 0.3) is 0 Å². The third-order valence-electron chi connectivity index (χ3n) is 0.891. The number of hydrogen-bond donors (Lipinski definition) is 1. The molecular formula is C6H11O2Rf-. The van der Waals surface area contributed by atoms with E-state index in [0.29, 0.717) is 0 Å². The van der Waals surface area contributed by atoms with E-state index in [2.05, 4.69) is 6.92 Å². The normalized spacial score (nSPS) is 8.11. The van der Waals surface area contributed by atoms with Crippen LogP contribution in [0.25, 0.3) is 0 Å². The van der Waals surface area contributed by atoms with Crippen molar-refractivity contribution in [2.45, 2.75) is 25.7 Å². The third kappa shape index (κ3) is 10.7. The number of carboxylic acids is 1. The van der Waals surface area contributed by atoms with Gasteiger partial charge in [-0.15, -0.1) is 0 Å². The first-order valence-electron chi connectivity index (χ1n) is 2.78.